The summed E-state index contributed by atoms with van der Waals surface area (Å²) in [5.41, 5.74) is 2.69. The van der Waals surface area contributed by atoms with Gasteiger partial charge in [-0.25, -0.2) is 0 Å². The van der Waals surface area contributed by atoms with Crippen LogP contribution in [0.5, 0.6) is 0 Å². The fraction of sp³-hybridized carbons (Fsp3) is 0.200. The number of amides is 1. The largest absolute Gasteiger partial charge is 0.346 e. The first-order valence-electron chi connectivity index (χ1n) is 6.05. The Morgan fingerprint density at radius 3 is 2.63 bits per heavy atom. The molecule has 2 rings (SSSR count). The van der Waals surface area contributed by atoms with E-state index in [1.807, 2.05) is 44.2 Å². The second kappa shape index (κ2) is 5.97. The van der Waals surface area contributed by atoms with Crippen LogP contribution in [-0.2, 0) is 0 Å². The minimum absolute atomic E-state index is 0.0473. The van der Waals surface area contributed by atoms with E-state index in [9.17, 15) is 4.79 Å². The first kappa shape index (κ1) is 13.7. The lowest BCUT2D eigenvalue weighted by molar-refractivity contribution is 0.0939. The normalized spacial score (nSPS) is 11.9. The number of benzene rings is 1. The number of nitrogens with zero attached hydrogens (tertiary/aromatic N) is 1. The monoisotopic (exact) mass is 318 g/mol. The third-order valence-corrected chi connectivity index (χ3v) is 3.49. The topological polar surface area (TPSA) is 42.0 Å². The van der Waals surface area contributed by atoms with Gasteiger partial charge >= 0.3 is 0 Å². The van der Waals surface area contributed by atoms with Crippen molar-refractivity contribution < 1.29 is 4.79 Å². The molecule has 0 aliphatic rings. The first-order chi connectivity index (χ1) is 9.08. The van der Waals surface area contributed by atoms with Gasteiger partial charge in [0.25, 0.3) is 5.91 Å². The highest BCUT2D eigenvalue weighted by molar-refractivity contribution is 9.10. The van der Waals surface area contributed by atoms with E-state index in [-0.39, 0.29) is 11.9 Å². The van der Waals surface area contributed by atoms with Gasteiger partial charge in [0.15, 0.2) is 0 Å². The van der Waals surface area contributed by atoms with Crippen molar-refractivity contribution in [3.63, 3.8) is 0 Å². The van der Waals surface area contributed by atoms with E-state index in [4.69, 9.17) is 0 Å². The van der Waals surface area contributed by atoms with Crippen LogP contribution in [0.3, 0.4) is 0 Å². The lowest BCUT2D eigenvalue weighted by atomic mass is 10.1. The molecule has 1 amide bonds. The number of hydrogen-bond acceptors (Lipinski definition) is 2. The molecule has 4 heteroatoms. The maximum absolute atomic E-state index is 12.3. The number of nitrogens with one attached hydrogen (secondary N) is 1. The Kier molecular flexibility index (Phi) is 4.32. The maximum Gasteiger partial charge on any atom is 0.252 e. The minimum atomic E-state index is -0.0666. The zero-order valence-corrected chi connectivity index (χ0v) is 12.4. The van der Waals surface area contributed by atoms with Gasteiger partial charge in [0, 0.05) is 22.4 Å². The van der Waals surface area contributed by atoms with Crippen LogP contribution in [0.25, 0.3) is 0 Å². The van der Waals surface area contributed by atoms with Crippen molar-refractivity contribution in [2.24, 2.45) is 0 Å². The molecule has 0 bridgehead atoms. The molecule has 1 atom stereocenters. The fourth-order valence-corrected chi connectivity index (χ4v) is 2.21. The average molecular weight is 319 g/mol. The first-order valence-corrected chi connectivity index (χ1v) is 6.84. The molecule has 98 valence electrons. The predicted octanol–water partition coefficient (Wildman–Crippen LogP) is 3.64. The van der Waals surface area contributed by atoms with E-state index in [2.05, 4.69) is 26.2 Å². The van der Waals surface area contributed by atoms with Gasteiger partial charge in [0.1, 0.15) is 0 Å². The summed E-state index contributed by atoms with van der Waals surface area (Å²) in [5, 5.41) is 2.99. The SMILES string of the molecule is Cc1ccc(Br)cc1C(=O)NC(C)c1ccncc1. The van der Waals surface area contributed by atoms with Gasteiger partial charge < -0.3 is 5.32 Å². The number of aryl methyl sites for hydroxylation is 1. The molecule has 0 aliphatic heterocycles. The second-order valence-electron chi connectivity index (χ2n) is 4.43. The third kappa shape index (κ3) is 3.41. The maximum atomic E-state index is 12.3. The Morgan fingerprint density at radius 1 is 1.26 bits per heavy atom. The summed E-state index contributed by atoms with van der Waals surface area (Å²) >= 11 is 3.39. The van der Waals surface area contributed by atoms with E-state index in [1.54, 1.807) is 12.4 Å². The standard InChI is InChI=1S/C15H15BrN2O/c1-10-3-4-13(16)9-14(10)15(19)18-11(2)12-5-7-17-8-6-12/h3-9,11H,1-2H3,(H,18,19). The van der Waals surface area contributed by atoms with Gasteiger partial charge in [-0.3, -0.25) is 9.78 Å². The molecule has 1 heterocycles. The van der Waals surface area contributed by atoms with Crippen molar-refractivity contribution in [1.82, 2.24) is 10.3 Å². The Morgan fingerprint density at radius 2 is 1.95 bits per heavy atom. The number of aromatic nitrogens is 1. The van der Waals surface area contributed by atoms with E-state index in [0.717, 1.165) is 15.6 Å². The molecular weight excluding hydrogens is 304 g/mol. The zero-order chi connectivity index (χ0) is 13.8. The highest BCUT2D eigenvalue weighted by Crippen LogP contribution is 2.17. The highest BCUT2D eigenvalue weighted by Gasteiger charge is 2.13. The summed E-state index contributed by atoms with van der Waals surface area (Å²) in [7, 11) is 0. The molecular formula is C15H15BrN2O. The van der Waals surface area contributed by atoms with Gasteiger partial charge in [-0.1, -0.05) is 22.0 Å². The second-order valence-corrected chi connectivity index (χ2v) is 5.35. The van der Waals surface area contributed by atoms with Crippen LogP contribution < -0.4 is 5.32 Å². The summed E-state index contributed by atoms with van der Waals surface area (Å²) in [5.74, 6) is -0.0666. The van der Waals surface area contributed by atoms with Crippen LogP contribution in [0, 0.1) is 6.92 Å². The van der Waals surface area contributed by atoms with Gasteiger partial charge in [-0.05, 0) is 49.2 Å². The molecule has 1 unspecified atom stereocenters. The fourth-order valence-electron chi connectivity index (χ4n) is 1.85. The predicted molar refractivity (Wildman–Crippen MR) is 79.0 cm³/mol. The van der Waals surface area contributed by atoms with Crippen molar-refractivity contribution in [3.05, 3.63) is 63.9 Å². The molecule has 19 heavy (non-hydrogen) atoms. The average Bonchev–Trinajstić information content (AvgIpc) is 2.42. The van der Waals surface area contributed by atoms with Crippen LogP contribution >= 0.6 is 15.9 Å². The number of carbonyl (C=O) groups excluding carboxylic acids is 1. The molecule has 2 aromatic rings. The lowest BCUT2D eigenvalue weighted by Gasteiger charge is -2.15. The number of halogens is 1. The Bertz CT molecular complexity index is 584. The number of carbonyl (C=O) groups is 1. The Labute approximate surface area is 121 Å². The lowest BCUT2D eigenvalue weighted by Crippen LogP contribution is -2.27. The molecule has 0 fully saturated rings. The van der Waals surface area contributed by atoms with Gasteiger partial charge in [-0.15, -0.1) is 0 Å². The van der Waals surface area contributed by atoms with E-state index >= 15 is 0 Å². The molecule has 0 radical (unpaired) electrons. The summed E-state index contributed by atoms with van der Waals surface area (Å²) in [6.45, 7) is 3.89. The molecule has 1 N–H and O–H groups in total. The van der Waals surface area contributed by atoms with Crippen LogP contribution in [0.4, 0.5) is 0 Å². The van der Waals surface area contributed by atoms with Crippen LogP contribution in [-0.4, -0.2) is 10.9 Å². The van der Waals surface area contributed by atoms with Crippen molar-refractivity contribution in [3.8, 4) is 0 Å². The highest BCUT2D eigenvalue weighted by atomic mass is 79.9. The molecule has 0 saturated carbocycles. The summed E-state index contributed by atoms with van der Waals surface area (Å²) in [6, 6.07) is 9.45. The zero-order valence-electron chi connectivity index (χ0n) is 10.9. The van der Waals surface area contributed by atoms with Gasteiger partial charge in [-0.2, -0.15) is 0 Å². The van der Waals surface area contributed by atoms with Gasteiger partial charge in [0.2, 0.25) is 0 Å². The van der Waals surface area contributed by atoms with Crippen molar-refractivity contribution in [2.45, 2.75) is 19.9 Å². The Balaban J connectivity index is 2.15. The van der Waals surface area contributed by atoms with Crippen molar-refractivity contribution in [1.29, 1.82) is 0 Å². The van der Waals surface area contributed by atoms with E-state index in [0.29, 0.717) is 5.56 Å². The van der Waals surface area contributed by atoms with Crippen molar-refractivity contribution >= 4 is 21.8 Å². The van der Waals surface area contributed by atoms with Crippen LogP contribution in [0.2, 0.25) is 0 Å². The summed E-state index contributed by atoms with van der Waals surface area (Å²) in [6.07, 6.45) is 3.45. The third-order valence-electron chi connectivity index (χ3n) is 3.00. The number of hydrogen-bond donors (Lipinski definition) is 1. The molecule has 0 saturated heterocycles. The number of rotatable bonds is 3. The smallest absolute Gasteiger partial charge is 0.252 e. The minimum Gasteiger partial charge on any atom is -0.346 e. The summed E-state index contributed by atoms with van der Waals surface area (Å²) in [4.78, 5) is 16.2. The van der Waals surface area contributed by atoms with Crippen LogP contribution in [0.15, 0.2) is 47.2 Å². The molecule has 0 aliphatic carbocycles. The molecule has 0 spiro atoms. The summed E-state index contributed by atoms with van der Waals surface area (Å²) < 4.78 is 0.903. The quantitative estimate of drug-likeness (QED) is 0.938. The van der Waals surface area contributed by atoms with Crippen LogP contribution in [0.1, 0.15) is 34.5 Å². The van der Waals surface area contributed by atoms with E-state index in [1.165, 1.54) is 0 Å². The number of pyridine rings is 1. The molecule has 3 nitrogen and oxygen atoms in total. The van der Waals surface area contributed by atoms with Crippen molar-refractivity contribution in [2.75, 3.05) is 0 Å². The van der Waals surface area contributed by atoms with E-state index < -0.39 is 0 Å². The Hall–Kier alpha value is -1.68. The van der Waals surface area contributed by atoms with Gasteiger partial charge in [0.05, 0.1) is 6.04 Å². The molecule has 1 aromatic heterocycles. The molecule has 1 aromatic carbocycles.